The van der Waals surface area contributed by atoms with Crippen molar-refractivity contribution in [2.45, 2.75) is 20.8 Å². The fraction of sp³-hybridized carbons (Fsp3) is 0.333. The summed E-state index contributed by atoms with van der Waals surface area (Å²) in [5, 5.41) is 6.27. The first-order valence-electron chi connectivity index (χ1n) is 6.65. The zero-order valence-electron chi connectivity index (χ0n) is 11.9. The van der Waals surface area contributed by atoms with Crippen LogP contribution in [0.1, 0.15) is 19.5 Å². The molecule has 0 bridgehead atoms. The topological polar surface area (TPSA) is 49.8 Å². The quantitative estimate of drug-likeness (QED) is 0.872. The molecule has 2 rings (SSSR count). The van der Waals surface area contributed by atoms with E-state index in [0.29, 0.717) is 23.4 Å². The van der Waals surface area contributed by atoms with Gasteiger partial charge in [0.2, 0.25) is 5.95 Å². The Bertz CT molecular complexity index is 584. The van der Waals surface area contributed by atoms with Gasteiger partial charge in [-0.2, -0.15) is 4.98 Å². The fourth-order valence-corrected chi connectivity index (χ4v) is 1.72. The molecule has 0 aliphatic carbocycles. The van der Waals surface area contributed by atoms with E-state index < -0.39 is 0 Å². The van der Waals surface area contributed by atoms with Crippen molar-refractivity contribution in [2.24, 2.45) is 5.92 Å². The van der Waals surface area contributed by atoms with Crippen LogP contribution in [0.2, 0.25) is 0 Å². The van der Waals surface area contributed by atoms with Gasteiger partial charge < -0.3 is 10.6 Å². The molecule has 4 nitrogen and oxygen atoms in total. The van der Waals surface area contributed by atoms with Gasteiger partial charge in [-0.1, -0.05) is 19.9 Å². The van der Waals surface area contributed by atoms with Gasteiger partial charge in [0.15, 0.2) is 0 Å². The van der Waals surface area contributed by atoms with Crippen molar-refractivity contribution in [3.05, 3.63) is 41.8 Å². The predicted molar refractivity (Wildman–Crippen MR) is 79.8 cm³/mol. The normalized spacial score (nSPS) is 10.7. The number of nitrogens with one attached hydrogen (secondary N) is 2. The van der Waals surface area contributed by atoms with Crippen molar-refractivity contribution in [3.63, 3.8) is 0 Å². The zero-order chi connectivity index (χ0) is 14.5. The Morgan fingerprint density at radius 1 is 1.20 bits per heavy atom. The van der Waals surface area contributed by atoms with Crippen LogP contribution >= 0.6 is 0 Å². The Kier molecular flexibility index (Phi) is 4.50. The number of halogens is 1. The minimum atomic E-state index is -0.279. The van der Waals surface area contributed by atoms with Gasteiger partial charge in [-0.25, -0.2) is 9.37 Å². The molecular weight excluding hydrogens is 255 g/mol. The Morgan fingerprint density at radius 2 is 2.00 bits per heavy atom. The first-order valence-corrected chi connectivity index (χ1v) is 6.65. The minimum absolute atomic E-state index is 0.279. The standard InChI is InChI=1S/C15H19FN4/c1-10(2)9-17-15-18-11(3)7-14(20-15)19-13-6-4-5-12(16)8-13/h4-8,10H,9H2,1-3H3,(H2,17,18,19,20). The lowest BCUT2D eigenvalue weighted by Crippen LogP contribution is -2.11. The van der Waals surface area contributed by atoms with E-state index >= 15 is 0 Å². The van der Waals surface area contributed by atoms with E-state index in [9.17, 15) is 4.39 Å². The van der Waals surface area contributed by atoms with E-state index in [0.717, 1.165) is 12.2 Å². The highest BCUT2D eigenvalue weighted by Crippen LogP contribution is 2.17. The number of rotatable bonds is 5. The molecule has 2 aromatic rings. The Balaban J connectivity index is 2.15. The minimum Gasteiger partial charge on any atom is -0.354 e. The van der Waals surface area contributed by atoms with E-state index in [2.05, 4.69) is 34.4 Å². The summed E-state index contributed by atoms with van der Waals surface area (Å²) in [5.41, 5.74) is 1.52. The third-order valence-electron chi connectivity index (χ3n) is 2.62. The number of hydrogen-bond donors (Lipinski definition) is 2. The fourth-order valence-electron chi connectivity index (χ4n) is 1.72. The third-order valence-corrected chi connectivity index (χ3v) is 2.62. The summed E-state index contributed by atoms with van der Waals surface area (Å²) < 4.78 is 13.2. The summed E-state index contributed by atoms with van der Waals surface area (Å²) in [6.45, 7) is 6.95. The highest BCUT2D eigenvalue weighted by molar-refractivity contribution is 5.57. The van der Waals surface area contributed by atoms with Gasteiger partial charge in [-0.3, -0.25) is 0 Å². The van der Waals surface area contributed by atoms with Crippen LogP contribution in [0.4, 0.5) is 21.8 Å². The SMILES string of the molecule is Cc1cc(Nc2cccc(F)c2)nc(NCC(C)C)n1. The van der Waals surface area contributed by atoms with Crippen molar-refractivity contribution in [1.29, 1.82) is 0 Å². The van der Waals surface area contributed by atoms with Crippen molar-refractivity contribution >= 4 is 17.5 Å². The summed E-state index contributed by atoms with van der Waals surface area (Å²) in [7, 11) is 0. The van der Waals surface area contributed by atoms with Crippen LogP contribution in [0.15, 0.2) is 30.3 Å². The zero-order valence-corrected chi connectivity index (χ0v) is 11.9. The number of aromatic nitrogens is 2. The van der Waals surface area contributed by atoms with Gasteiger partial charge in [0.1, 0.15) is 11.6 Å². The monoisotopic (exact) mass is 274 g/mol. The first-order chi connectivity index (χ1) is 9.52. The number of aryl methyl sites for hydroxylation is 1. The molecule has 1 aromatic heterocycles. The second kappa shape index (κ2) is 6.32. The van der Waals surface area contributed by atoms with Gasteiger partial charge in [-0.05, 0) is 31.0 Å². The second-order valence-corrected chi connectivity index (χ2v) is 5.13. The van der Waals surface area contributed by atoms with Gasteiger partial charge in [0.05, 0.1) is 0 Å². The Labute approximate surface area is 118 Å². The molecular formula is C15H19FN4. The van der Waals surface area contributed by atoms with E-state index in [4.69, 9.17) is 0 Å². The van der Waals surface area contributed by atoms with Crippen LogP contribution in [-0.2, 0) is 0 Å². The smallest absolute Gasteiger partial charge is 0.224 e. The molecule has 0 saturated heterocycles. The first kappa shape index (κ1) is 14.2. The van der Waals surface area contributed by atoms with Crippen LogP contribution < -0.4 is 10.6 Å². The van der Waals surface area contributed by atoms with Crippen molar-refractivity contribution in [1.82, 2.24) is 9.97 Å². The summed E-state index contributed by atoms with van der Waals surface area (Å²) in [6, 6.07) is 8.11. The third kappa shape index (κ3) is 4.19. The van der Waals surface area contributed by atoms with Crippen LogP contribution in [0.5, 0.6) is 0 Å². The summed E-state index contributed by atoms with van der Waals surface area (Å²) in [6.07, 6.45) is 0. The van der Waals surface area contributed by atoms with E-state index in [-0.39, 0.29) is 5.82 Å². The average Bonchev–Trinajstić information content (AvgIpc) is 2.35. The number of anilines is 3. The van der Waals surface area contributed by atoms with Gasteiger partial charge >= 0.3 is 0 Å². The second-order valence-electron chi connectivity index (χ2n) is 5.13. The van der Waals surface area contributed by atoms with Crippen LogP contribution in [0, 0.1) is 18.7 Å². The maximum Gasteiger partial charge on any atom is 0.224 e. The molecule has 1 aromatic carbocycles. The number of nitrogens with zero attached hydrogens (tertiary/aromatic N) is 2. The van der Waals surface area contributed by atoms with E-state index in [1.54, 1.807) is 12.1 Å². The molecule has 5 heteroatoms. The maximum atomic E-state index is 13.2. The molecule has 0 radical (unpaired) electrons. The lowest BCUT2D eigenvalue weighted by molar-refractivity contribution is 0.628. The van der Waals surface area contributed by atoms with Crippen molar-refractivity contribution < 1.29 is 4.39 Å². The van der Waals surface area contributed by atoms with Gasteiger partial charge in [0.25, 0.3) is 0 Å². The molecule has 20 heavy (non-hydrogen) atoms. The van der Waals surface area contributed by atoms with Gasteiger partial charge in [-0.15, -0.1) is 0 Å². The molecule has 2 N–H and O–H groups in total. The highest BCUT2D eigenvalue weighted by Gasteiger charge is 2.04. The molecule has 0 unspecified atom stereocenters. The largest absolute Gasteiger partial charge is 0.354 e. The summed E-state index contributed by atoms with van der Waals surface area (Å²) in [5.74, 6) is 1.46. The van der Waals surface area contributed by atoms with E-state index in [1.165, 1.54) is 12.1 Å². The summed E-state index contributed by atoms with van der Waals surface area (Å²) >= 11 is 0. The lowest BCUT2D eigenvalue weighted by atomic mass is 10.2. The molecule has 106 valence electrons. The molecule has 0 amide bonds. The van der Waals surface area contributed by atoms with Crippen LogP contribution in [-0.4, -0.2) is 16.5 Å². The van der Waals surface area contributed by atoms with Crippen molar-refractivity contribution in [3.8, 4) is 0 Å². The molecule has 0 aliphatic heterocycles. The average molecular weight is 274 g/mol. The molecule has 1 heterocycles. The molecule has 0 spiro atoms. The predicted octanol–water partition coefficient (Wildman–Crippen LogP) is 3.74. The lowest BCUT2D eigenvalue weighted by Gasteiger charge is -2.11. The summed E-state index contributed by atoms with van der Waals surface area (Å²) in [4.78, 5) is 8.70. The van der Waals surface area contributed by atoms with E-state index in [1.807, 2.05) is 13.0 Å². The number of benzene rings is 1. The Morgan fingerprint density at radius 3 is 2.70 bits per heavy atom. The number of hydrogen-bond acceptors (Lipinski definition) is 4. The van der Waals surface area contributed by atoms with Crippen LogP contribution in [0.25, 0.3) is 0 Å². The molecule has 0 fully saturated rings. The Hall–Kier alpha value is -2.17. The van der Waals surface area contributed by atoms with Crippen LogP contribution in [0.3, 0.4) is 0 Å². The van der Waals surface area contributed by atoms with Crippen molar-refractivity contribution in [2.75, 3.05) is 17.2 Å². The molecule has 0 saturated carbocycles. The van der Waals surface area contributed by atoms with Gasteiger partial charge in [0, 0.05) is 24.0 Å². The molecule has 0 aliphatic rings. The maximum absolute atomic E-state index is 13.2. The molecule has 0 atom stereocenters. The highest BCUT2D eigenvalue weighted by atomic mass is 19.1.